The highest BCUT2D eigenvalue weighted by Gasteiger charge is 2.25. The summed E-state index contributed by atoms with van der Waals surface area (Å²) in [6.07, 6.45) is 4.77. The Hall–Kier alpha value is -1.98. The standard InChI is InChI=1S/C16H16N4S/c1-10-4-2-3-5-11(10)16-18-8-13(21-16)15-14-12(6-7-17-15)19-9-20-14/h2-5,8-9,15,17H,6-7H2,1H3,(H,19,20). The highest BCUT2D eigenvalue weighted by atomic mass is 32.1. The molecule has 4 nitrogen and oxygen atoms in total. The van der Waals surface area contributed by atoms with Crippen LogP contribution in [-0.4, -0.2) is 21.5 Å². The van der Waals surface area contributed by atoms with E-state index >= 15 is 0 Å². The fourth-order valence-electron chi connectivity index (χ4n) is 2.81. The van der Waals surface area contributed by atoms with Crippen molar-refractivity contribution in [2.75, 3.05) is 6.54 Å². The normalized spacial score (nSPS) is 17.7. The van der Waals surface area contributed by atoms with E-state index in [-0.39, 0.29) is 6.04 Å². The lowest BCUT2D eigenvalue weighted by atomic mass is 10.1. The monoisotopic (exact) mass is 296 g/mol. The number of fused-ring (bicyclic) bond motifs is 1. The maximum Gasteiger partial charge on any atom is 0.123 e. The molecule has 0 saturated heterocycles. The highest BCUT2D eigenvalue weighted by Crippen LogP contribution is 2.34. The number of hydrogen-bond acceptors (Lipinski definition) is 4. The zero-order chi connectivity index (χ0) is 14.2. The second-order valence-electron chi connectivity index (χ2n) is 5.29. The summed E-state index contributed by atoms with van der Waals surface area (Å²) in [5, 5.41) is 4.62. The van der Waals surface area contributed by atoms with Crippen molar-refractivity contribution in [2.24, 2.45) is 0 Å². The topological polar surface area (TPSA) is 53.6 Å². The van der Waals surface area contributed by atoms with Gasteiger partial charge in [-0.3, -0.25) is 0 Å². The van der Waals surface area contributed by atoms with E-state index in [9.17, 15) is 0 Å². The Labute approximate surface area is 127 Å². The van der Waals surface area contributed by atoms with E-state index in [2.05, 4.69) is 51.5 Å². The summed E-state index contributed by atoms with van der Waals surface area (Å²) in [6, 6.07) is 8.54. The predicted octanol–water partition coefficient (Wildman–Crippen LogP) is 3.08. The molecule has 1 unspecified atom stereocenters. The second kappa shape index (κ2) is 5.09. The van der Waals surface area contributed by atoms with Crippen LogP contribution in [0.4, 0.5) is 0 Å². The molecule has 0 radical (unpaired) electrons. The van der Waals surface area contributed by atoms with E-state index < -0.39 is 0 Å². The molecule has 2 N–H and O–H groups in total. The van der Waals surface area contributed by atoms with Gasteiger partial charge in [0.2, 0.25) is 0 Å². The van der Waals surface area contributed by atoms with Gasteiger partial charge in [0.1, 0.15) is 5.01 Å². The van der Waals surface area contributed by atoms with Crippen LogP contribution in [0.25, 0.3) is 10.6 Å². The maximum absolute atomic E-state index is 4.62. The first-order valence-corrected chi connectivity index (χ1v) is 7.92. The lowest BCUT2D eigenvalue weighted by molar-refractivity contribution is 0.559. The summed E-state index contributed by atoms with van der Waals surface area (Å²) in [5.41, 5.74) is 4.83. The number of aromatic amines is 1. The van der Waals surface area contributed by atoms with E-state index in [1.165, 1.54) is 21.7 Å². The quantitative estimate of drug-likeness (QED) is 0.764. The molecule has 1 aromatic carbocycles. The van der Waals surface area contributed by atoms with Crippen molar-refractivity contribution < 1.29 is 0 Å². The number of H-pyrrole nitrogens is 1. The van der Waals surface area contributed by atoms with Gasteiger partial charge in [0, 0.05) is 35.3 Å². The summed E-state index contributed by atoms with van der Waals surface area (Å²) in [4.78, 5) is 13.6. The first kappa shape index (κ1) is 12.7. The molecule has 3 heterocycles. The first-order chi connectivity index (χ1) is 10.3. The van der Waals surface area contributed by atoms with Gasteiger partial charge in [-0.05, 0) is 12.5 Å². The third kappa shape index (κ3) is 2.18. The Bertz CT molecular complexity index is 774. The molecule has 3 aromatic rings. The van der Waals surface area contributed by atoms with Gasteiger partial charge in [0.15, 0.2) is 0 Å². The van der Waals surface area contributed by atoms with Crippen molar-refractivity contribution in [2.45, 2.75) is 19.4 Å². The maximum atomic E-state index is 4.62. The molecule has 1 aliphatic heterocycles. The van der Waals surface area contributed by atoms with Gasteiger partial charge < -0.3 is 10.3 Å². The highest BCUT2D eigenvalue weighted by molar-refractivity contribution is 7.15. The van der Waals surface area contributed by atoms with E-state index in [4.69, 9.17) is 0 Å². The molecule has 0 aliphatic carbocycles. The predicted molar refractivity (Wildman–Crippen MR) is 84.4 cm³/mol. The number of rotatable bonds is 2. The van der Waals surface area contributed by atoms with E-state index in [1.54, 1.807) is 17.7 Å². The van der Waals surface area contributed by atoms with Crippen LogP contribution in [-0.2, 0) is 6.42 Å². The fourth-order valence-corrected chi connectivity index (χ4v) is 3.90. The number of imidazole rings is 1. The Morgan fingerprint density at radius 2 is 2.14 bits per heavy atom. The van der Waals surface area contributed by atoms with Gasteiger partial charge in [-0.1, -0.05) is 24.3 Å². The van der Waals surface area contributed by atoms with E-state index in [1.807, 2.05) is 6.20 Å². The molecular weight excluding hydrogens is 280 g/mol. The lowest BCUT2D eigenvalue weighted by Gasteiger charge is -2.21. The molecule has 1 atom stereocenters. The molecule has 0 bridgehead atoms. The third-order valence-electron chi connectivity index (χ3n) is 3.93. The van der Waals surface area contributed by atoms with Gasteiger partial charge in [-0.2, -0.15) is 0 Å². The number of nitrogens with zero attached hydrogens (tertiary/aromatic N) is 2. The molecule has 5 heteroatoms. The fraction of sp³-hybridized carbons (Fsp3) is 0.250. The number of hydrogen-bond donors (Lipinski definition) is 2. The molecule has 0 spiro atoms. The largest absolute Gasteiger partial charge is 0.348 e. The Morgan fingerprint density at radius 1 is 1.24 bits per heavy atom. The lowest BCUT2D eigenvalue weighted by Crippen LogP contribution is -2.30. The number of aromatic nitrogens is 3. The van der Waals surface area contributed by atoms with Crippen LogP contribution in [0.3, 0.4) is 0 Å². The average molecular weight is 296 g/mol. The minimum Gasteiger partial charge on any atom is -0.348 e. The summed E-state index contributed by atoms with van der Waals surface area (Å²) < 4.78 is 0. The smallest absolute Gasteiger partial charge is 0.123 e. The van der Waals surface area contributed by atoms with Crippen LogP contribution in [0, 0.1) is 6.92 Å². The average Bonchev–Trinajstić information content (AvgIpc) is 3.16. The van der Waals surface area contributed by atoms with Gasteiger partial charge in [0.05, 0.1) is 18.1 Å². The van der Waals surface area contributed by atoms with Crippen LogP contribution in [0.5, 0.6) is 0 Å². The molecule has 0 amide bonds. The molecule has 0 saturated carbocycles. The molecule has 106 valence electrons. The number of nitrogens with one attached hydrogen (secondary N) is 2. The second-order valence-corrected chi connectivity index (χ2v) is 6.35. The van der Waals surface area contributed by atoms with E-state index in [0.717, 1.165) is 23.7 Å². The van der Waals surface area contributed by atoms with Gasteiger partial charge >= 0.3 is 0 Å². The van der Waals surface area contributed by atoms with Crippen molar-refractivity contribution in [3.8, 4) is 10.6 Å². The zero-order valence-corrected chi connectivity index (χ0v) is 12.6. The molecule has 2 aromatic heterocycles. The Morgan fingerprint density at radius 3 is 3.05 bits per heavy atom. The Kier molecular flexibility index (Phi) is 3.09. The summed E-state index contributed by atoms with van der Waals surface area (Å²) in [5.74, 6) is 0. The molecule has 1 aliphatic rings. The SMILES string of the molecule is Cc1ccccc1-c1ncc(C2NCCc3[nH]cnc32)s1. The van der Waals surface area contributed by atoms with Crippen molar-refractivity contribution in [1.29, 1.82) is 0 Å². The van der Waals surface area contributed by atoms with Crippen LogP contribution in [0.15, 0.2) is 36.8 Å². The van der Waals surface area contributed by atoms with Crippen molar-refractivity contribution >= 4 is 11.3 Å². The first-order valence-electron chi connectivity index (χ1n) is 7.10. The molecule has 0 fully saturated rings. The van der Waals surface area contributed by atoms with Gasteiger partial charge in [-0.15, -0.1) is 11.3 Å². The summed E-state index contributed by atoms with van der Waals surface area (Å²) >= 11 is 1.75. The van der Waals surface area contributed by atoms with Gasteiger partial charge in [-0.25, -0.2) is 9.97 Å². The number of benzene rings is 1. The number of thiazole rings is 1. The molecule has 4 rings (SSSR count). The van der Waals surface area contributed by atoms with Crippen molar-refractivity contribution in [1.82, 2.24) is 20.3 Å². The Balaban J connectivity index is 1.72. The number of aryl methyl sites for hydroxylation is 1. The third-order valence-corrected chi connectivity index (χ3v) is 5.03. The van der Waals surface area contributed by atoms with Crippen LogP contribution < -0.4 is 5.32 Å². The van der Waals surface area contributed by atoms with Crippen LogP contribution in [0.2, 0.25) is 0 Å². The minimum atomic E-state index is 0.162. The van der Waals surface area contributed by atoms with Crippen molar-refractivity contribution in [3.63, 3.8) is 0 Å². The summed E-state index contributed by atoms with van der Waals surface area (Å²) in [7, 11) is 0. The minimum absolute atomic E-state index is 0.162. The summed E-state index contributed by atoms with van der Waals surface area (Å²) in [6.45, 7) is 3.10. The zero-order valence-electron chi connectivity index (χ0n) is 11.8. The molecule has 21 heavy (non-hydrogen) atoms. The van der Waals surface area contributed by atoms with Crippen molar-refractivity contribution in [3.05, 3.63) is 58.6 Å². The molecular formula is C16H16N4S. The van der Waals surface area contributed by atoms with E-state index in [0.29, 0.717) is 0 Å². The van der Waals surface area contributed by atoms with Gasteiger partial charge in [0.25, 0.3) is 0 Å². The van der Waals surface area contributed by atoms with Crippen LogP contribution in [0.1, 0.15) is 27.9 Å². The van der Waals surface area contributed by atoms with Crippen LogP contribution >= 0.6 is 11.3 Å².